The maximum atomic E-state index is 13.3. The quantitative estimate of drug-likeness (QED) is 0.810. The van der Waals surface area contributed by atoms with Crippen molar-refractivity contribution in [1.29, 1.82) is 5.26 Å². The summed E-state index contributed by atoms with van der Waals surface area (Å²) in [4.78, 5) is -0.00143. The van der Waals surface area contributed by atoms with E-state index in [0.717, 1.165) is 37.8 Å². The van der Waals surface area contributed by atoms with Crippen molar-refractivity contribution in [2.24, 2.45) is 0 Å². The fraction of sp³-hybridized carbons (Fsp3) is 0.500. The third kappa shape index (κ3) is 3.00. The zero-order chi connectivity index (χ0) is 14.8. The first kappa shape index (κ1) is 14.9. The Kier molecular flexibility index (Phi) is 4.41. The molecule has 0 atom stereocenters. The molecule has 1 fully saturated rings. The summed E-state index contributed by atoms with van der Waals surface area (Å²) in [5.41, 5.74) is -0.239. The van der Waals surface area contributed by atoms with Gasteiger partial charge in [0.25, 0.3) is 0 Å². The molecule has 1 aliphatic rings. The van der Waals surface area contributed by atoms with Gasteiger partial charge in [-0.15, -0.1) is 0 Å². The number of nitrogens with zero attached hydrogens (tertiary/aromatic N) is 2. The summed E-state index contributed by atoms with van der Waals surface area (Å²) < 4.78 is 40.0. The Morgan fingerprint density at radius 1 is 1.45 bits per heavy atom. The van der Waals surface area contributed by atoms with Gasteiger partial charge in [-0.05, 0) is 37.5 Å². The molecule has 0 radical (unpaired) electrons. The first-order valence-corrected chi connectivity index (χ1v) is 8.16. The molecule has 0 aliphatic heterocycles. The van der Waals surface area contributed by atoms with Crippen LogP contribution in [0.3, 0.4) is 0 Å². The molecule has 0 amide bonds. The van der Waals surface area contributed by atoms with E-state index in [4.69, 9.17) is 5.26 Å². The number of halogens is 1. The van der Waals surface area contributed by atoms with Crippen LogP contribution in [0.4, 0.5) is 4.39 Å². The van der Waals surface area contributed by atoms with Gasteiger partial charge in [0.1, 0.15) is 11.9 Å². The van der Waals surface area contributed by atoms with E-state index in [2.05, 4.69) is 0 Å². The SMILES string of the molecule is CCCCN(C1CC1)S(=O)(=O)c1ccc(F)c(C#N)c1. The standard InChI is InChI=1S/C14H17FN2O2S/c1-2-3-8-17(12-4-5-12)20(18,19)13-6-7-14(15)11(9-13)10-16/h6-7,9,12H,2-5,8H2,1H3. The van der Waals surface area contributed by atoms with Gasteiger partial charge in [-0.25, -0.2) is 12.8 Å². The summed E-state index contributed by atoms with van der Waals surface area (Å²) in [6.45, 7) is 2.48. The Bertz CT molecular complexity index is 633. The molecule has 1 aromatic rings. The average Bonchev–Trinajstić information content (AvgIpc) is 3.24. The van der Waals surface area contributed by atoms with E-state index in [9.17, 15) is 12.8 Å². The monoisotopic (exact) mass is 296 g/mol. The van der Waals surface area contributed by atoms with Crippen LogP contribution < -0.4 is 0 Å². The van der Waals surface area contributed by atoms with Crippen LogP contribution in [0.2, 0.25) is 0 Å². The number of nitriles is 1. The summed E-state index contributed by atoms with van der Waals surface area (Å²) in [6.07, 6.45) is 3.44. The molecular formula is C14H17FN2O2S. The Morgan fingerprint density at radius 2 is 2.15 bits per heavy atom. The average molecular weight is 296 g/mol. The van der Waals surface area contributed by atoms with Crippen LogP contribution in [0.25, 0.3) is 0 Å². The van der Waals surface area contributed by atoms with Crippen molar-refractivity contribution >= 4 is 10.0 Å². The lowest BCUT2D eigenvalue weighted by Gasteiger charge is -2.21. The molecule has 1 aliphatic carbocycles. The van der Waals surface area contributed by atoms with Crippen molar-refractivity contribution in [1.82, 2.24) is 4.31 Å². The van der Waals surface area contributed by atoms with Gasteiger partial charge in [-0.3, -0.25) is 0 Å². The highest BCUT2D eigenvalue weighted by molar-refractivity contribution is 7.89. The summed E-state index contributed by atoms with van der Waals surface area (Å²) in [7, 11) is -3.64. The second-order valence-electron chi connectivity index (χ2n) is 4.95. The van der Waals surface area contributed by atoms with Crippen LogP contribution in [0, 0.1) is 17.1 Å². The zero-order valence-corrected chi connectivity index (χ0v) is 12.2. The van der Waals surface area contributed by atoms with Crippen molar-refractivity contribution < 1.29 is 12.8 Å². The molecular weight excluding hydrogens is 279 g/mol. The smallest absolute Gasteiger partial charge is 0.207 e. The second-order valence-corrected chi connectivity index (χ2v) is 6.84. The predicted molar refractivity (Wildman–Crippen MR) is 72.9 cm³/mol. The predicted octanol–water partition coefficient (Wildman–Crippen LogP) is 2.65. The lowest BCUT2D eigenvalue weighted by Crippen LogP contribution is -2.34. The number of hydrogen-bond donors (Lipinski definition) is 0. The first-order valence-electron chi connectivity index (χ1n) is 6.72. The maximum Gasteiger partial charge on any atom is 0.243 e. The highest BCUT2D eigenvalue weighted by atomic mass is 32.2. The summed E-state index contributed by atoms with van der Waals surface area (Å²) >= 11 is 0. The number of unbranched alkanes of at least 4 members (excludes halogenated alkanes) is 1. The minimum Gasteiger partial charge on any atom is -0.207 e. The fourth-order valence-electron chi connectivity index (χ4n) is 2.06. The molecule has 0 N–H and O–H groups in total. The lowest BCUT2D eigenvalue weighted by molar-refractivity contribution is 0.395. The van der Waals surface area contributed by atoms with Gasteiger partial charge in [0.2, 0.25) is 10.0 Å². The van der Waals surface area contributed by atoms with Crippen molar-refractivity contribution in [2.45, 2.75) is 43.5 Å². The topological polar surface area (TPSA) is 61.2 Å². The molecule has 6 heteroatoms. The van der Waals surface area contributed by atoms with Gasteiger partial charge in [0.05, 0.1) is 10.5 Å². The van der Waals surface area contributed by atoms with Gasteiger partial charge in [-0.2, -0.15) is 9.57 Å². The van der Waals surface area contributed by atoms with Gasteiger partial charge in [0.15, 0.2) is 0 Å². The normalized spacial score (nSPS) is 15.3. The minimum atomic E-state index is -3.64. The first-order chi connectivity index (χ1) is 9.50. The van der Waals surface area contributed by atoms with E-state index in [1.165, 1.54) is 10.4 Å². The Hall–Kier alpha value is -1.45. The lowest BCUT2D eigenvalue weighted by atomic mass is 10.2. The number of rotatable bonds is 6. The highest BCUT2D eigenvalue weighted by Crippen LogP contribution is 2.32. The molecule has 20 heavy (non-hydrogen) atoms. The molecule has 0 spiro atoms. The molecule has 0 unspecified atom stereocenters. The van der Waals surface area contributed by atoms with Gasteiger partial charge in [-0.1, -0.05) is 13.3 Å². The Labute approximate surface area is 118 Å². The molecule has 4 nitrogen and oxygen atoms in total. The van der Waals surface area contributed by atoms with Crippen molar-refractivity contribution in [3.8, 4) is 6.07 Å². The van der Waals surface area contributed by atoms with Crippen molar-refractivity contribution in [3.63, 3.8) is 0 Å². The molecule has 0 heterocycles. The summed E-state index contributed by atoms with van der Waals surface area (Å²) in [5, 5.41) is 8.81. The van der Waals surface area contributed by atoms with Crippen LogP contribution >= 0.6 is 0 Å². The van der Waals surface area contributed by atoms with Crippen molar-refractivity contribution in [3.05, 3.63) is 29.6 Å². The number of sulfonamides is 1. The van der Waals surface area contributed by atoms with Crippen LogP contribution in [0.5, 0.6) is 0 Å². The highest BCUT2D eigenvalue weighted by Gasteiger charge is 2.37. The van der Waals surface area contributed by atoms with E-state index in [-0.39, 0.29) is 16.5 Å². The van der Waals surface area contributed by atoms with Crippen LogP contribution in [0.1, 0.15) is 38.2 Å². The second kappa shape index (κ2) is 5.90. The van der Waals surface area contributed by atoms with Crippen LogP contribution in [-0.4, -0.2) is 25.3 Å². The molecule has 0 bridgehead atoms. The van der Waals surface area contributed by atoms with Gasteiger partial charge < -0.3 is 0 Å². The molecule has 2 rings (SSSR count). The molecule has 108 valence electrons. The van der Waals surface area contributed by atoms with E-state index in [1.807, 2.05) is 6.92 Å². The van der Waals surface area contributed by atoms with E-state index >= 15 is 0 Å². The summed E-state index contributed by atoms with van der Waals surface area (Å²) in [5.74, 6) is -0.696. The number of hydrogen-bond acceptors (Lipinski definition) is 3. The maximum absolute atomic E-state index is 13.3. The van der Waals surface area contributed by atoms with Crippen LogP contribution in [-0.2, 0) is 10.0 Å². The number of benzene rings is 1. The largest absolute Gasteiger partial charge is 0.243 e. The van der Waals surface area contributed by atoms with E-state index in [1.54, 1.807) is 6.07 Å². The third-order valence-corrected chi connectivity index (χ3v) is 5.30. The van der Waals surface area contributed by atoms with E-state index < -0.39 is 15.8 Å². The van der Waals surface area contributed by atoms with Crippen LogP contribution in [0.15, 0.2) is 23.1 Å². The molecule has 0 saturated heterocycles. The fourth-order valence-corrected chi connectivity index (χ4v) is 3.81. The minimum absolute atomic E-state index is 0.00143. The molecule has 1 aromatic carbocycles. The molecule has 0 aromatic heterocycles. The summed E-state index contributed by atoms with van der Waals surface area (Å²) in [6, 6.07) is 5.12. The Morgan fingerprint density at radius 3 is 2.70 bits per heavy atom. The third-order valence-electron chi connectivity index (χ3n) is 3.35. The molecule has 1 saturated carbocycles. The Balaban J connectivity index is 2.35. The zero-order valence-electron chi connectivity index (χ0n) is 11.3. The van der Waals surface area contributed by atoms with E-state index in [0.29, 0.717) is 6.54 Å². The van der Waals surface area contributed by atoms with Gasteiger partial charge >= 0.3 is 0 Å². The van der Waals surface area contributed by atoms with Crippen molar-refractivity contribution in [2.75, 3.05) is 6.54 Å². The van der Waals surface area contributed by atoms with Gasteiger partial charge in [0, 0.05) is 12.6 Å².